The van der Waals surface area contributed by atoms with Crippen LogP contribution in [-0.2, 0) is 16.6 Å². The van der Waals surface area contributed by atoms with Gasteiger partial charge < -0.3 is 9.80 Å². The molecule has 1 unspecified atom stereocenters. The lowest BCUT2D eigenvalue weighted by Crippen LogP contribution is -2.35. The Bertz CT molecular complexity index is 420. The standard InChI is InChI=1S/C14H23N3OS/c1-16(2)14(17(3)4)15-10-11-19(18)12-13-8-6-5-7-9-13/h5-9H,10-12H2,1-4H3. The average Bonchev–Trinajstić information content (AvgIpc) is 2.34. The molecular formula is C14H23N3OS. The van der Waals surface area contributed by atoms with Crippen LogP contribution >= 0.6 is 0 Å². The molecule has 19 heavy (non-hydrogen) atoms. The van der Waals surface area contributed by atoms with Crippen LogP contribution in [0.15, 0.2) is 35.3 Å². The smallest absolute Gasteiger partial charge is 0.195 e. The van der Waals surface area contributed by atoms with E-state index in [0.717, 1.165) is 11.5 Å². The predicted molar refractivity (Wildman–Crippen MR) is 82.8 cm³/mol. The monoisotopic (exact) mass is 281 g/mol. The maximum Gasteiger partial charge on any atom is 0.195 e. The summed E-state index contributed by atoms with van der Waals surface area (Å²) in [5.74, 6) is 2.10. The van der Waals surface area contributed by atoms with E-state index in [9.17, 15) is 4.21 Å². The van der Waals surface area contributed by atoms with E-state index in [-0.39, 0.29) is 0 Å². The van der Waals surface area contributed by atoms with Crippen molar-refractivity contribution < 1.29 is 4.21 Å². The lowest BCUT2D eigenvalue weighted by molar-refractivity contribution is 0.480. The van der Waals surface area contributed by atoms with Crippen molar-refractivity contribution in [3.63, 3.8) is 0 Å². The number of benzene rings is 1. The molecular weight excluding hydrogens is 258 g/mol. The molecule has 0 heterocycles. The third kappa shape index (κ3) is 5.87. The molecule has 0 amide bonds. The zero-order valence-corrected chi connectivity index (χ0v) is 13.0. The molecule has 0 N–H and O–H groups in total. The predicted octanol–water partition coefficient (Wildman–Crippen LogP) is 1.41. The second kappa shape index (κ2) is 7.94. The van der Waals surface area contributed by atoms with E-state index >= 15 is 0 Å². The topological polar surface area (TPSA) is 35.9 Å². The molecule has 0 aliphatic carbocycles. The first-order valence-electron chi connectivity index (χ1n) is 6.28. The zero-order chi connectivity index (χ0) is 14.3. The lowest BCUT2D eigenvalue weighted by Gasteiger charge is -2.22. The first-order chi connectivity index (χ1) is 9.00. The SMILES string of the molecule is CN(C)C(=NCCS(=O)Cc1ccccc1)N(C)C. The van der Waals surface area contributed by atoms with Crippen molar-refractivity contribution in [1.29, 1.82) is 0 Å². The van der Waals surface area contributed by atoms with E-state index in [0.29, 0.717) is 18.1 Å². The van der Waals surface area contributed by atoms with E-state index in [2.05, 4.69) is 4.99 Å². The summed E-state index contributed by atoms with van der Waals surface area (Å²) in [4.78, 5) is 8.40. The summed E-state index contributed by atoms with van der Waals surface area (Å²) in [7, 11) is 6.97. The van der Waals surface area contributed by atoms with Gasteiger partial charge in [-0.1, -0.05) is 30.3 Å². The molecule has 1 aromatic rings. The molecule has 0 saturated heterocycles. The van der Waals surface area contributed by atoms with Crippen LogP contribution < -0.4 is 0 Å². The largest absolute Gasteiger partial charge is 0.349 e. The highest BCUT2D eigenvalue weighted by atomic mass is 32.2. The van der Waals surface area contributed by atoms with Crippen molar-refractivity contribution >= 4 is 16.8 Å². The minimum atomic E-state index is -0.858. The van der Waals surface area contributed by atoms with Crippen molar-refractivity contribution in [1.82, 2.24) is 9.80 Å². The number of guanidine groups is 1. The van der Waals surface area contributed by atoms with Crippen molar-refractivity contribution in [3.05, 3.63) is 35.9 Å². The first kappa shape index (κ1) is 15.7. The summed E-state index contributed by atoms with van der Waals surface area (Å²) < 4.78 is 11.9. The van der Waals surface area contributed by atoms with Gasteiger partial charge in [-0.05, 0) is 5.56 Å². The van der Waals surface area contributed by atoms with Gasteiger partial charge in [-0.25, -0.2) is 0 Å². The summed E-state index contributed by atoms with van der Waals surface area (Å²) in [5.41, 5.74) is 1.12. The van der Waals surface area contributed by atoms with Gasteiger partial charge in [0.05, 0.1) is 6.54 Å². The molecule has 0 aromatic heterocycles. The third-order valence-electron chi connectivity index (χ3n) is 2.54. The second-order valence-electron chi connectivity index (χ2n) is 4.74. The van der Waals surface area contributed by atoms with Gasteiger partial charge in [0.25, 0.3) is 0 Å². The van der Waals surface area contributed by atoms with Gasteiger partial charge in [0.2, 0.25) is 0 Å². The Kier molecular flexibility index (Phi) is 6.56. The molecule has 0 radical (unpaired) electrons. The number of hydrogen-bond acceptors (Lipinski definition) is 2. The van der Waals surface area contributed by atoms with Crippen molar-refractivity contribution in [2.24, 2.45) is 4.99 Å². The van der Waals surface area contributed by atoms with Crippen molar-refractivity contribution in [3.8, 4) is 0 Å². The van der Waals surface area contributed by atoms with Crippen molar-refractivity contribution in [2.45, 2.75) is 5.75 Å². The van der Waals surface area contributed by atoms with Crippen LogP contribution in [0.4, 0.5) is 0 Å². The average molecular weight is 281 g/mol. The Morgan fingerprint density at radius 3 is 2.21 bits per heavy atom. The molecule has 0 fully saturated rings. The van der Waals surface area contributed by atoms with Gasteiger partial charge in [-0.15, -0.1) is 0 Å². The normalized spacial score (nSPS) is 11.8. The van der Waals surface area contributed by atoms with E-state index < -0.39 is 10.8 Å². The Labute approximate surface area is 118 Å². The van der Waals surface area contributed by atoms with Crippen LogP contribution in [0.3, 0.4) is 0 Å². The Balaban J connectivity index is 2.44. The van der Waals surface area contributed by atoms with Crippen LogP contribution in [0.25, 0.3) is 0 Å². The molecule has 1 atom stereocenters. The third-order valence-corrected chi connectivity index (χ3v) is 3.84. The second-order valence-corrected chi connectivity index (χ2v) is 6.32. The molecule has 5 heteroatoms. The molecule has 1 aromatic carbocycles. The minimum absolute atomic E-state index is 0.588. The van der Waals surface area contributed by atoms with E-state index in [1.807, 2.05) is 68.3 Å². The lowest BCUT2D eigenvalue weighted by atomic mass is 10.2. The minimum Gasteiger partial charge on any atom is -0.349 e. The summed E-state index contributed by atoms with van der Waals surface area (Å²) in [5, 5.41) is 0. The molecule has 106 valence electrons. The van der Waals surface area contributed by atoms with E-state index in [1.54, 1.807) is 0 Å². The van der Waals surface area contributed by atoms with Gasteiger partial charge in [0.15, 0.2) is 5.96 Å². The number of nitrogens with zero attached hydrogens (tertiary/aromatic N) is 3. The molecule has 1 rings (SSSR count). The van der Waals surface area contributed by atoms with Crippen molar-refractivity contribution in [2.75, 3.05) is 40.5 Å². The van der Waals surface area contributed by atoms with Gasteiger partial charge in [0.1, 0.15) is 0 Å². The van der Waals surface area contributed by atoms with Gasteiger partial charge >= 0.3 is 0 Å². The Hall–Kier alpha value is -1.36. The fourth-order valence-corrected chi connectivity index (χ4v) is 2.77. The van der Waals surface area contributed by atoms with Crippen LogP contribution in [-0.4, -0.2) is 60.5 Å². The fourth-order valence-electron chi connectivity index (χ4n) is 1.76. The van der Waals surface area contributed by atoms with E-state index in [1.165, 1.54) is 0 Å². The Morgan fingerprint density at radius 1 is 1.11 bits per heavy atom. The van der Waals surface area contributed by atoms with Gasteiger partial charge in [-0.2, -0.15) is 0 Å². The number of rotatable bonds is 5. The highest BCUT2D eigenvalue weighted by Crippen LogP contribution is 2.03. The quantitative estimate of drug-likeness (QED) is 0.605. The van der Waals surface area contributed by atoms with Crippen LogP contribution in [0, 0.1) is 0 Å². The summed E-state index contributed by atoms with van der Waals surface area (Å²) >= 11 is 0. The zero-order valence-electron chi connectivity index (χ0n) is 12.2. The molecule has 0 aliphatic rings. The van der Waals surface area contributed by atoms with Crippen LogP contribution in [0.2, 0.25) is 0 Å². The van der Waals surface area contributed by atoms with Gasteiger partial charge in [-0.3, -0.25) is 9.20 Å². The number of hydrogen-bond donors (Lipinski definition) is 0. The van der Waals surface area contributed by atoms with E-state index in [4.69, 9.17) is 0 Å². The fraction of sp³-hybridized carbons (Fsp3) is 0.500. The summed E-state index contributed by atoms with van der Waals surface area (Å²) in [6.07, 6.45) is 0. The molecule has 0 saturated carbocycles. The molecule has 0 bridgehead atoms. The maximum atomic E-state index is 11.9. The number of aliphatic imine (C=N–C) groups is 1. The maximum absolute atomic E-state index is 11.9. The molecule has 4 nitrogen and oxygen atoms in total. The molecule has 0 aliphatic heterocycles. The first-order valence-corrected chi connectivity index (χ1v) is 7.77. The van der Waals surface area contributed by atoms with Crippen LogP contribution in [0.5, 0.6) is 0 Å². The van der Waals surface area contributed by atoms with Gasteiger partial charge in [0, 0.05) is 50.5 Å². The highest BCUT2D eigenvalue weighted by molar-refractivity contribution is 7.84. The summed E-state index contributed by atoms with van der Waals surface area (Å²) in [6.45, 7) is 0.588. The molecule has 0 spiro atoms. The Morgan fingerprint density at radius 2 is 1.68 bits per heavy atom. The summed E-state index contributed by atoms with van der Waals surface area (Å²) in [6, 6.07) is 9.93. The van der Waals surface area contributed by atoms with Crippen LogP contribution in [0.1, 0.15) is 5.56 Å². The highest BCUT2D eigenvalue weighted by Gasteiger charge is 2.05.